The van der Waals surface area contributed by atoms with Crippen molar-refractivity contribution in [2.24, 2.45) is 0 Å². The third kappa shape index (κ3) is 2.54. The Bertz CT molecular complexity index is 433. The summed E-state index contributed by atoms with van der Waals surface area (Å²) in [5.41, 5.74) is 1.18. The summed E-state index contributed by atoms with van der Waals surface area (Å²) in [6, 6.07) is 2.15. The number of thiophene rings is 1. The van der Waals surface area contributed by atoms with Crippen LogP contribution in [0.3, 0.4) is 0 Å². The van der Waals surface area contributed by atoms with E-state index in [9.17, 15) is 0 Å². The Morgan fingerprint density at radius 1 is 1.40 bits per heavy atom. The zero-order valence-electron chi connectivity index (χ0n) is 8.78. The molecular formula is C10H13N3S2. The summed E-state index contributed by atoms with van der Waals surface area (Å²) in [6.45, 7) is 5.19. The van der Waals surface area contributed by atoms with Crippen LogP contribution in [0, 0.1) is 6.92 Å². The minimum absolute atomic E-state index is 0.913. The number of anilines is 1. The van der Waals surface area contributed by atoms with E-state index in [-0.39, 0.29) is 0 Å². The van der Waals surface area contributed by atoms with Crippen molar-refractivity contribution in [1.82, 2.24) is 10.2 Å². The summed E-state index contributed by atoms with van der Waals surface area (Å²) in [7, 11) is 0. The lowest BCUT2D eigenvalue weighted by Gasteiger charge is -1.95. The van der Waals surface area contributed by atoms with Gasteiger partial charge in [0.15, 0.2) is 0 Å². The first-order valence-electron chi connectivity index (χ1n) is 4.92. The summed E-state index contributed by atoms with van der Waals surface area (Å²) in [5, 5.41) is 15.5. The van der Waals surface area contributed by atoms with E-state index in [2.05, 4.69) is 40.8 Å². The van der Waals surface area contributed by atoms with E-state index in [4.69, 9.17) is 0 Å². The second kappa shape index (κ2) is 4.72. The van der Waals surface area contributed by atoms with Crippen LogP contribution in [0.2, 0.25) is 0 Å². The van der Waals surface area contributed by atoms with E-state index < -0.39 is 0 Å². The van der Waals surface area contributed by atoms with Gasteiger partial charge in [0, 0.05) is 22.4 Å². The Hall–Kier alpha value is -0.940. The van der Waals surface area contributed by atoms with Crippen LogP contribution >= 0.6 is 22.7 Å². The molecule has 1 N–H and O–H groups in total. The lowest BCUT2D eigenvalue weighted by molar-refractivity contribution is 0.964. The van der Waals surface area contributed by atoms with E-state index in [0.717, 1.165) is 23.1 Å². The maximum Gasteiger partial charge on any atom is 0.206 e. The van der Waals surface area contributed by atoms with E-state index in [0.29, 0.717) is 0 Å². The first-order chi connectivity index (χ1) is 7.29. The molecule has 5 heteroatoms. The highest BCUT2D eigenvalue weighted by atomic mass is 32.1. The predicted molar refractivity (Wildman–Crippen MR) is 66.7 cm³/mol. The van der Waals surface area contributed by atoms with Crippen molar-refractivity contribution in [3.8, 4) is 10.6 Å². The molecule has 3 nitrogen and oxygen atoms in total. The monoisotopic (exact) mass is 239 g/mol. The number of nitrogens with one attached hydrogen (secondary N) is 1. The maximum absolute atomic E-state index is 4.17. The van der Waals surface area contributed by atoms with Crippen LogP contribution in [0.1, 0.15) is 18.2 Å². The molecule has 0 bridgehead atoms. The van der Waals surface area contributed by atoms with Gasteiger partial charge in [-0.2, -0.15) is 0 Å². The van der Waals surface area contributed by atoms with E-state index in [1.165, 1.54) is 10.4 Å². The van der Waals surface area contributed by atoms with Crippen molar-refractivity contribution in [3.63, 3.8) is 0 Å². The molecule has 15 heavy (non-hydrogen) atoms. The molecule has 0 fully saturated rings. The summed E-state index contributed by atoms with van der Waals surface area (Å²) in [4.78, 5) is 1.31. The molecule has 0 saturated heterocycles. The smallest absolute Gasteiger partial charge is 0.206 e. The van der Waals surface area contributed by atoms with E-state index >= 15 is 0 Å². The Morgan fingerprint density at radius 3 is 2.93 bits per heavy atom. The number of hydrogen-bond acceptors (Lipinski definition) is 5. The minimum atomic E-state index is 0.913. The highest BCUT2D eigenvalue weighted by Crippen LogP contribution is 2.29. The van der Waals surface area contributed by atoms with Gasteiger partial charge in [-0.3, -0.25) is 0 Å². The molecule has 0 spiro atoms. The largest absolute Gasteiger partial charge is 0.360 e. The zero-order chi connectivity index (χ0) is 10.7. The third-order valence-electron chi connectivity index (χ3n) is 1.93. The number of aryl methyl sites for hydroxylation is 1. The van der Waals surface area contributed by atoms with Crippen LogP contribution < -0.4 is 5.32 Å². The molecule has 80 valence electrons. The molecule has 0 aromatic carbocycles. The normalized spacial score (nSPS) is 10.5. The Kier molecular flexibility index (Phi) is 3.33. The molecule has 0 unspecified atom stereocenters. The van der Waals surface area contributed by atoms with Gasteiger partial charge in [0.1, 0.15) is 5.01 Å². The fourth-order valence-corrected chi connectivity index (χ4v) is 2.72. The van der Waals surface area contributed by atoms with Crippen LogP contribution in [0.4, 0.5) is 5.13 Å². The number of aromatic nitrogens is 2. The second-order valence-corrected chi connectivity index (χ2v) is 5.38. The van der Waals surface area contributed by atoms with Crippen molar-refractivity contribution in [3.05, 3.63) is 16.3 Å². The van der Waals surface area contributed by atoms with Crippen LogP contribution in [0.5, 0.6) is 0 Å². The summed E-state index contributed by atoms with van der Waals surface area (Å²) < 4.78 is 0. The molecule has 0 saturated carbocycles. The zero-order valence-corrected chi connectivity index (χ0v) is 10.4. The topological polar surface area (TPSA) is 37.8 Å². The number of rotatable bonds is 4. The molecule has 0 amide bonds. The molecule has 0 atom stereocenters. The van der Waals surface area contributed by atoms with Gasteiger partial charge in [0.25, 0.3) is 0 Å². The van der Waals surface area contributed by atoms with Crippen LogP contribution in [0.15, 0.2) is 11.4 Å². The van der Waals surface area contributed by atoms with E-state index in [1.807, 2.05) is 0 Å². The fraction of sp³-hybridized carbons (Fsp3) is 0.400. The summed E-state index contributed by atoms with van der Waals surface area (Å²) in [6.07, 6.45) is 1.10. The lowest BCUT2D eigenvalue weighted by atomic mass is 10.3. The van der Waals surface area contributed by atoms with Crippen molar-refractivity contribution < 1.29 is 0 Å². The average molecular weight is 239 g/mol. The van der Waals surface area contributed by atoms with Gasteiger partial charge >= 0.3 is 0 Å². The van der Waals surface area contributed by atoms with Gasteiger partial charge < -0.3 is 5.32 Å². The van der Waals surface area contributed by atoms with Gasteiger partial charge in [-0.05, 0) is 19.4 Å². The molecule has 0 aliphatic carbocycles. The SMILES string of the molecule is CCCNc1nnc(-c2csc(C)c2)s1. The average Bonchev–Trinajstić information content (AvgIpc) is 2.83. The quantitative estimate of drug-likeness (QED) is 0.888. The number of nitrogens with zero attached hydrogens (tertiary/aromatic N) is 2. The van der Waals surface area contributed by atoms with Gasteiger partial charge in [0.05, 0.1) is 0 Å². The van der Waals surface area contributed by atoms with Gasteiger partial charge in [0.2, 0.25) is 5.13 Å². The highest BCUT2D eigenvalue weighted by Gasteiger charge is 2.07. The standard InChI is InChI=1S/C10H13N3S2/c1-3-4-11-10-13-12-9(15-10)8-5-7(2)14-6-8/h5-6H,3-4H2,1-2H3,(H,11,13). The molecule has 2 heterocycles. The molecule has 2 aromatic rings. The molecule has 2 rings (SSSR count). The van der Waals surface area contributed by atoms with Crippen LogP contribution in [-0.2, 0) is 0 Å². The second-order valence-electron chi connectivity index (χ2n) is 3.29. The first kappa shape index (κ1) is 10.6. The Balaban J connectivity index is 2.13. The fourth-order valence-electron chi connectivity index (χ4n) is 1.20. The van der Waals surface area contributed by atoms with Crippen LogP contribution in [-0.4, -0.2) is 16.7 Å². The van der Waals surface area contributed by atoms with Gasteiger partial charge in [-0.25, -0.2) is 0 Å². The molecule has 2 aromatic heterocycles. The Labute approximate surface area is 97.2 Å². The molecule has 0 aliphatic rings. The Morgan fingerprint density at radius 2 is 2.27 bits per heavy atom. The van der Waals surface area contributed by atoms with Crippen molar-refractivity contribution >= 4 is 27.8 Å². The molecule has 0 aliphatic heterocycles. The van der Waals surface area contributed by atoms with Gasteiger partial charge in [-0.1, -0.05) is 18.3 Å². The maximum atomic E-state index is 4.17. The van der Waals surface area contributed by atoms with Crippen molar-refractivity contribution in [2.75, 3.05) is 11.9 Å². The highest BCUT2D eigenvalue weighted by molar-refractivity contribution is 7.19. The lowest BCUT2D eigenvalue weighted by Crippen LogP contribution is -1.98. The molecular weight excluding hydrogens is 226 g/mol. The minimum Gasteiger partial charge on any atom is -0.360 e. The van der Waals surface area contributed by atoms with Crippen LogP contribution in [0.25, 0.3) is 10.6 Å². The first-order valence-corrected chi connectivity index (χ1v) is 6.62. The number of hydrogen-bond donors (Lipinski definition) is 1. The van der Waals surface area contributed by atoms with E-state index in [1.54, 1.807) is 22.7 Å². The predicted octanol–water partition coefficient (Wildman–Crippen LogP) is 3.40. The third-order valence-corrected chi connectivity index (χ3v) is 3.72. The summed E-state index contributed by atoms with van der Waals surface area (Å²) in [5.74, 6) is 0. The van der Waals surface area contributed by atoms with Gasteiger partial charge in [-0.15, -0.1) is 21.5 Å². The van der Waals surface area contributed by atoms with Crippen molar-refractivity contribution in [2.45, 2.75) is 20.3 Å². The summed E-state index contributed by atoms with van der Waals surface area (Å²) >= 11 is 3.36. The molecule has 0 radical (unpaired) electrons. The van der Waals surface area contributed by atoms with Crippen molar-refractivity contribution in [1.29, 1.82) is 0 Å².